The van der Waals surface area contributed by atoms with Crippen molar-refractivity contribution in [3.05, 3.63) is 41.7 Å². The van der Waals surface area contributed by atoms with Gasteiger partial charge in [0.25, 0.3) is 11.8 Å². The molecule has 0 fully saturated rings. The summed E-state index contributed by atoms with van der Waals surface area (Å²) in [5, 5.41) is 9.27. The second kappa shape index (κ2) is 8.77. The number of anilines is 1. The average molecular weight is 398 g/mol. The second-order valence-corrected chi connectivity index (χ2v) is 6.52. The Hall–Kier alpha value is -3.04. The number of aryl methyl sites for hydroxylation is 1. The molecule has 0 bridgehead atoms. The zero-order valence-electron chi connectivity index (χ0n) is 15.6. The van der Waals surface area contributed by atoms with Gasteiger partial charge in [0.15, 0.2) is 6.61 Å². The Morgan fingerprint density at radius 1 is 1.25 bits per heavy atom. The molecule has 1 heterocycles. The molecule has 0 aliphatic carbocycles. The van der Waals surface area contributed by atoms with E-state index < -0.39 is 24.6 Å². The number of carbonyl (C=O) groups excluding carboxylic acids is 2. The average Bonchev–Trinajstić information content (AvgIpc) is 2.98. The van der Waals surface area contributed by atoms with Gasteiger partial charge < -0.3 is 15.4 Å². The van der Waals surface area contributed by atoms with Gasteiger partial charge in [-0.15, -0.1) is 0 Å². The molecule has 28 heavy (non-hydrogen) atoms. The fourth-order valence-electron chi connectivity index (χ4n) is 2.27. The van der Waals surface area contributed by atoms with Crippen molar-refractivity contribution in [3.63, 3.8) is 0 Å². The molecular weight excluding hydrogens is 377 g/mol. The summed E-state index contributed by atoms with van der Waals surface area (Å²) in [6.07, 6.45) is -3.15. The molecule has 1 aromatic heterocycles. The van der Waals surface area contributed by atoms with E-state index in [0.29, 0.717) is 6.54 Å². The quantitative estimate of drug-likeness (QED) is 0.751. The Labute approximate surface area is 159 Å². The highest BCUT2D eigenvalue weighted by Crippen LogP contribution is 2.21. The van der Waals surface area contributed by atoms with E-state index in [2.05, 4.69) is 20.5 Å². The van der Waals surface area contributed by atoms with Crippen molar-refractivity contribution in [2.24, 2.45) is 13.0 Å². The monoisotopic (exact) mass is 398 g/mol. The van der Waals surface area contributed by atoms with Gasteiger partial charge in [0.05, 0.1) is 11.9 Å². The topological polar surface area (TPSA) is 85.2 Å². The van der Waals surface area contributed by atoms with Crippen LogP contribution >= 0.6 is 0 Å². The fraction of sp³-hybridized carbons (Fsp3) is 0.389. The van der Waals surface area contributed by atoms with Crippen LogP contribution in [0.1, 0.15) is 34.7 Å². The smallest absolute Gasteiger partial charge is 0.422 e. The van der Waals surface area contributed by atoms with E-state index in [-0.39, 0.29) is 28.6 Å². The summed E-state index contributed by atoms with van der Waals surface area (Å²) < 4.78 is 42.8. The predicted octanol–water partition coefficient (Wildman–Crippen LogP) is 3.00. The molecule has 0 saturated heterocycles. The lowest BCUT2D eigenvalue weighted by Crippen LogP contribution is -2.30. The SMILES string of the molecule is CC(C)CNC(=O)c1c(NC(=O)c2cccc(OCC(F)(F)F)c2)cnn1C. The Morgan fingerprint density at radius 3 is 2.61 bits per heavy atom. The first-order chi connectivity index (χ1) is 13.1. The maximum atomic E-state index is 12.5. The number of alkyl halides is 3. The minimum atomic E-state index is -4.48. The molecule has 2 rings (SSSR count). The summed E-state index contributed by atoms with van der Waals surface area (Å²) in [5.41, 5.74) is 0.436. The first kappa shape index (κ1) is 21.3. The molecule has 0 aliphatic heterocycles. The summed E-state index contributed by atoms with van der Waals surface area (Å²) in [4.78, 5) is 24.8. The summed E-state index contributed by atoms with van der Waals surface area (Å²) in [7, 11) is 1.56. The molecule has 1 aromatic carbocycles. The summed E-state index contributed by atoms with van der Waals surface area (Å²) in [6.45, 7) is 2.89. The van der Waals surface area contributed by atoms with Crippen molar-refractivity contribution >= 4 is 17.5 Å². The molecule has 0 radical (unpaired) electrons. The summed E-state index contributed by atoms with van der Waals surface area (Å²) in [6, 6.07) is 5.33. The first-order valence-corrected chi connectivity index (χ1v) is 8.48. The molecule has 2 N–H and O–H groups in total. The van der Waals surface area contributed by atoms with Crippen LogP contribution in [-0.2, 0) is 7.05 Å². The van der Waals surface area contributed by atoms with Gasteiger partial charge in [-0.05, 0) is 24.1 Å². The van der Waals surface area contributed by atoms with E-state index in [1.165, 1.54) is 35.1 Å². The number of halogens is 3. The number of nitrogens with zero attached hydrogens (tertiary/aromatic N) is 2. The Bertz CT molecular complexity index is 847. The number of benzene rings is 1. The van der Waals surface area contributed by atoms with Crippen LogP contribution in [0.3, 0.4) is 0 Å². The largest absolute Gasteiger partial charge is 0.484 e. The Morgan fingerprint density at radius 2 is 1.96 bits per heavy atom. The normalized spacial score (nSPS) is 11.4. The molecule has 0 unspecified atom stereocenters. The number of nitrogens with one attached hydrogen (secondary N) is 2. The van der Waals surface area contributed by atoms with Gasteiger partial charge in [-0.25, -0.2) is 0 Å². The molecule has 7 nitrogen and oxygen atoms in total. The van der Waals surface area contributed by atoms with Crippen molar-refractivity contribution < 1.29 is 27.5 Å². The van der Waals surface area contributed by atoms with Crippen molar-refractivity contribution in [3.8, 4) is 5.75 Å². The molecule has 10 heteroatoms. The lowest BCUT2D eigenvalue weighted by atomic mass is 10.2. The third-order valence-corrected chi connectivity index (χ3v) is 3.57. The first-order valence-electron chi connectivity index (χ1n) is 8.48. The molecule has 152 valence electrons. The minimum Gasteiger partial charge on any atom is -0.484 e. The molecule has 2 aromatic rings. The van der Waals surface area contributed by atoms with Gasteiger partial charge in [-0.2, -0.15) is 18.3 Å². The number of ether oxygens (including phenoxy) is 1. The van der Waals surface area contributed by atoms with Crippen LogP contribution in [-0.4, -0.2) is 40.9 Å². The van der Waals surface area contributed by atoms with Gasteiger partial charge in [0.1, 0.15) is 11.4 Å². The van der Waals surface area contributed by atoms with Crippen LogP contribution in [0.5, 0.6) is 5.75 Å². The maximum Gasteiger partial charge on any atom is 0.422 e. The van der Waals surface area contributed by atoms with Crippen LogP contribution < -0.4 is 15.4 Å². The van der Waals surface area contributed by atoms with Crippen molar-refractivity contribution in [1.29, 1.82) is 0 Å². The third-order valence-electron chi connectivity index (χ3n) is 3.57. The van der Waals surface area contributed by atoms with E-state index in [1.54, 1.807) is 7.05 Å². The zero-order valence-corrected chi connectivity index (χ0v) is 15.6. The van der Waals surface area contributed by atoms with Gasteiger partial charge in [-0.1, -0.05) is 19.9 Å². The minimum absolute atomic E-state index is 0.0806. The van der Waals surface area contributed by atoms with Crippen molar-refractivity contribution in [1.82, 2.24) is 15.1 Å². The third kappa shape index (κ3) is 6.00. The second-order valence-electron chi connectivity index (χ2n) is 6.52. The van der Waals surface area contributed by atoms with Crippen LogP contribution in [0.4, 0.5) is 18.9 Å². The van der Waals surface area contributed by atoms with Crippen LogP contribution in [0.15, 0.2) is 30.5 Å². The Balaban J connectivity index is 2.12. The standard InChI is InChI=1S/C18H21F3N4O3/c1-11(2)8-22-17(27)15-14(9-23-25(15)3)24-16(26)12-5-4-6-13(7-12)28-10-18(19,20)21/h4-7,9,11H,8,10H2,1-3H3,(H,22,27)(H,24,26). The summed E-state index contributed by atoms with van der Waals surface area (Å²) >= 11 is 0. The highest BCUT2D eigenvalue weighted by molar-refractivity contribution is 6.08. The Kier molecular flexibility index (Phi) is 6.66. The van der Waals surface area contributed by atoms with Crippen molar-refractivity contribution in [2.45, 2.75) is 20.0 Å². The highest BCUT2D eigenvalue weighted by atomic mass is 19.4. The molecular formula is C18H21F3N4O3. The highest BCUT2D eigenvalue weighted by Gasteiger charge is 2.28. The lowest BCUT2D eigenvalue weighted by Gasteiger charge is -2.11. The van der Waals surface area contributed by atoms with Gasteiger partial charge in [-0.3, -0.25) is 14.3 Å². The number of aromatic nitrogens is 2. The predicted molar refractivity (Wildman–Crippen MR) is 96.3 cm³/mol. The molecule has 0 saturated carbocycles. The van der Waals surface area contributed by atoms with Crippen LogP contribution in [0, 0.1) is 5.92 Å². The number of carbonyl (C=O) groups is 2. The van der Waals surface area contributed by atoms with E-state index in [1.807, 2.05) is 13.8 Å². The summed E-state index contributed by atoms with van der Waals surface area (Å²) in [5.74, 6) is -0.852. The number of hydrogen-bond donors (Lipinski definition) is 2. The lowest BCUT2D eigenvalue weighted by molar-refractivity contribution is -0.153. The number of hydrogen-bond acceptors (Lipinski definition) is 4. The zero-order chi connectivity index (χ0) is 20.9. The molecule has 0 aliphatic rings. The number of rotatable bonds is 7. The van der Waals surface area contributed by atoms with Gasteiger partial charge >= 0.3 is 6.18 Å². The van der Waals surface area contributed by atoms with Crippen LogP contribution in [0.2, 0.25) is 0 Å². The van der Waals surface area contributed by atoms with Crippen LogP contribution in [0.25, 0.3) is 0 Å². The van der Waals surface area contributed by atoms with E-state index >= 15 is 0 Å². The number of amides is 2. The van der Waals surface area contributed by atoms with Gasteiger partial charge in [0, 0.05) is 19.2 Å². The van der Waals surface area contributed by atoms with Gasteiger partial charge in [0.2, 0.25) is 0 Å². The molecule has 0 spiro atoms. The van der Waals surface area contributed by atoms with Crippen molar-refractivity contribution in [2.75, 3.05) is 18.5 Å². The van der Waals surface area contributed by atoms with E-state index in [9.17, 15) is 22.8 Å². The molecule has 0 atom stereocenters. The fourth-order valence-corrected chi connectivity index (χ4v) is 2.27. The molecule has 2 amide bonds. The van der Waals surface area contributed by atoms with E-state index in [0.717, 1.165) is 0 Å². The van der Waals surface area contributed by atoms with E-state index in [4.69, 9.17) is 0 Å². The maximum absolute atomic E-state index is 12.5.